The van der Waals surface area contributed by atoms with Gasteiger partial charge < -0.3 is 5.32 Å². The molecule has 4 aromatic rings. The normalized spacial score (nSPS) is 11.4. The van der Waals surface area contributed by atoms with Crippen LogP contribution in [0.2, 0.25) is 0 Å². The van der Waals surface area contributed by atoms with Crippen molar-refractivity contribution in [2.24, 2.45) is 0 Å². The summed E-state index contributed by atoms with van der Waals surface area (Å²) in [6.45, 7) is 0.350. The predicted molar refractivity (Wildman–Crippen MR) is 124 cm³/mol. The first-order chi connectivity index (χ1) is 15.9. The minimum atomic E-state index is -4.21. The third-order valence-electron chi connectivity index (χ3n) is 4.72. The van der Waals surface area contributed by atoms with Gasteiger partial charge in [0.15, 0.2) is 5.16 Å². The third-order valence-corrected chi connectivity index (χ3v) is 7.48. The van der Waals surface area contributed by atoms with Crippen LogP contribution >= 0.6 is 11.8 Å². The molecule has 1 aromatic heterocycles. The van der Waals surface area contributed by atoms with Gasteiger partial charge in [0.2, 0.25) is 5.91 Å². The SMILES string of the molecule is O=C(CSc1nc2ccccc2n1S(=O)(=O)c1cccc([N+](=O)[O-])c1)NCc1ccccc1. The molecule has 0 aliphatic rings. The summed E-state index contributed by atoms with van der Waals surface area (Å²) in [6, 6.07) is 20.9. The second kappa shape index (κ2) is 9.43. The summed E-state index contributed by atoms with van der Waals surface area (Å²) in [6.07, 6.45) is 0. The number of nitrogens with one attached hydrogen (secondary N) is 1. The fourth-order valence-electron chi connectivity index (χ4n) is 3.15. The van der Waals surface area contributed by atoms with Gasteiger partial charge in [0, 0.05) is 18.7 Å². The Morgan fingerprint density at radius 1 is 1.03 bits per heavy atom. The minimum absolute atomic E-state index is 0.0549. The molecule has 0 fully saturated rings. The number of aromatic nitrogens is 2. The van der Waals surface area contributed by atoms with E-state index >= 15 is 0 Å². The van der Waals surface area contributed by atoms with Gasteiger partial charge in [-0.05, 0) is 23.8 Å². The second-order valence-electron chi connectivity index (χ2n) is 6.96. The maximum absolute atomic E-state index is 13.4. The van der Waals surface area contributed by atoms with Crippen molar-refractivity contribution in [2.45, 2.75) is 16.6 Å². The maximum Gasteiger partial charge on any atom is 0.270 e. The zero-order valence-corrected chi connectivity index (χ0v) is 18.8. The number of benzene rings is 3. The standard InChI is InChI=1S/C22H18N4O5S2/c27-21(23-14-16-7-2-1-3-8-16)15-32-22-24-19-11-4-5-12-20(19)25(22)33(30,31)18-10-6-9-17(13-18)26(28)29/h1-13H,14-15H2,(H,23,27). The molecule has 11 heteroatoms. The quantitative estimate of drug-likeness (QED) is 0.231. The van der Waals surface area contributed by atoms with Crippen molar-refractivity contribution in [1.82, 2.24) is 14.3 Å². The zero-order valence-electron chi connectivity index (χ0n) is 17.1. The molecule has 0 radical (unpaired) electrons. The average Bonchev–Trinajstić information content (AvgIpc) is 3.21. The van der Waals surface area contributed by atoms with Gasteiger partial charge in [-0.2, -0.15) is 0 Å². The smallest absolute Gasteiger partial charge is 0.270 e. The van der Waals surface area contributed by atoms with Crippen LogP contribution in [0.1, 0.15) is 5.56 Å². The third kappa shape index (κ3) is 4.89. The number of imidazole rings is 1. The molecule has 0 aliphatic carbocycles. The molecule has 1 amide bonds. The number of rotatable bonds is 8. The number of nitrogens with zero attached hydrogens (tertiary/aromatic N) is 3. The van der Waals surface area contributed by atoms with E-state index in [2.05, 4.69) is 10.3 Å². The molecule has 1 heterocycles. The highest BCUT2D eigenvalue weighted by Gasteiger charge is 2.26. The van der Waals surface area contributed by atoms with E-state index in [0.717, 1.165) is 27.4 Å². The summed E-state index contributed by atoms with van der Waals surface area (Å²) in [7, 11) is -4.21. The monoisotopic (exact) mass is 482 g/mol. The van der Waals surface area contributed by atoms with Crippen LogP contribution in [-0.2, 0) is 21.4 Å². The van der Waals surface area contributed by atoms with Crippen molar-refractivity contribution in [3.05, 3.63) is 94.5 Å². The molecule has 168 valence electrons. The topological polar surface area (TPSA) is 124 Å². The summed E-state index contributed by atoms with van der Waals surface area (Å²) in [5.74, 6) is -0.337. The van der Waals surface area contributed by atoms with E-state index in [1.54, 1.807) is 24.3 Å². The lowest BCUT2D eigenvalue weighted by atomic mass is 10.2. The van der Waals surface area contributed by atoms with Crippen LogP contribution in [0.5, 0.6) is 0 Å². The van der Waals surface area contributed by atoms with Crippen molar-refractivity contribution >= 4 is 44.4 Å². The first kappa shape index (κ1) is 22.5. The van der Waals surface area contributed by atoms with Gasteiger partial charge in [0.1, 0.15) is 0 Å². The van der Waals surface area contributed by atoms with Gasteiger partial charge in [-0.3, -0.25) is 14.9 Å². The highest BCUT2D eigenvalue weighted by atomic mass is 32.2. The lowest BCUT2D eigenvalue weighted by molar-refractivity contribution is -0.385. The first-order valence-corrected chi connectivity index (χ1v) is 12.2. The van der Waals surface area contributed by atoms with E-state index in [0.29, 0.717) is 17.6 Å². The summed E-state index contributed by atoms with van der Waals surface area (Å²) in [5.41, 5.74) is 1.35. The summed E-state index contributed by atoms with van der Waals surface area (Å²) < 4.78 is 27.9. The lowest BCUT2D eigenvalue weighted by Gasteiger charge is -2.10. The Hall–Kier alpha value is -3.70. The van der Waals surface area contributed by atoms with Crippen LogP contribution in [0.25, 0.3) is 11.0 Å². The molecule has 0 atom stereocenters. The number of para-hydroxylation sites is 2. The molecule has 0 saturated carbocycles. The van der Waals surface area contributed by atoms with Crippen LogP contribution in [0.3, 0.4) is 0 Å². The number of amides is 1. The molecule has 9 nitrogen and oxygen atoms in total. The molecule has 0 aliphatic heterocycles. The van der Waals surface area contributed by atoms with E-state index in [-0.39, 0.29) is 27.4 Å². The van der Waals surface area contributed by atoms with Gasteiger partial charge in [-0.25, -0.2) is 17.4 Å². The molecule has 33 heavy (non-hydrogen) atoms. The van der Waals surface area contributed by atoms with Gasteiger partial charge in [-0.1, -0.05) is 60.3 Å². The lowest BCUT2D eigenvalue weighted by Crippen LogP contribution is -2.25. The van der Waals surface area contributed by atoms with Crippen molar-refractivity contribution in [3.8, 4) is 0 Å². The van der Waals surface area contributed by atoms with Crippen LogP contribution in [0.15, 0.2) is 88.9 Å². The van der Waals surface area contributed by atoms with Crippen molar-refractivity contribution in [1.29, 1.82) is 0 Å². The molecule has 0 saturated heterocycles. The number of carbonyl (C=O) groups is 1. The number of carbonyl (C=O) groups excluding carboxylic acids is 1. The largest absolute Gasteiger partial charge is 0.351 e. The number of hydrogen-bond donors (Lipinski definition) is 1. The molecule has 0 bridgehead atoms. The number of nitro benzene ring substituents is 1. The number of thioether (sulfide) groups is 1. The maximum atomic E-state index is 13.4. The van der Waals surface area contributed by atoms with Crippen molar-refractivity contribution in [3.63, 3.8) is 0 Å². The molecule has 0 spiro atoms. The van der Waals surface area contributed by atoms with E-state index in [4.69, 9.17) is 0 Å². The van der Waals surface area contributed by atoms with Gasteiger partial charge in [0.25, 0.3) is 15.7 Å². The van der Waals surface area contributed by atoms with E-state index in [9.17, 15) is 23.3 Å². The van der Waals surface area contributed by atoms with E-state index in [1.807, 2.05) is 30.3 Å². The van der Waals surface area contributed by atoms with Crippen LogP contribution in [0.4, 0.5) is 5.69 Å². The number of nitro groups is 1. The highest BCUT2D eigenvalue weighted by molar-refractivity contribution is 8.00. The molecular formula is C22H18N4O5S2. The summed E-state index contributed by atoms with van der Waals surface area (Å²) in [4.78, 5) is 27.0. The molecular weight excluding hydrogens is 464 g/mol. The van der Waals surface area contributed by atoms with Gasteiger partial charge in [-0.15, -0.1) is 0 Å². The Bertz CT molecular complexity index is 1440. The van der Waals surface area contributed by atoms with Crippen LogP contribution in [0, 0.1) is 10.1 Å². The Labute approximate surface area is 193 Å². The van der Waals surface area contributed by atoms with E-state index < -0.39 is 14.9 Å². The van der Waals surface area contributed by atoms with Crippen molar-refractivity contribution in [2.75, 3.05) is 5.75 Å². The highest BCUT2D eigenvalue weighted by Crippen LogP contribution is 2.30. The number of fused-ring (bicyclic) bond motifs is 1. The van der Waals surface area contributed by atoms with Crippen molar-refractivity contribution < 1.29 is 18.1 Å². The first-order valence-electron chi connectivity index (χ1n) is 9.77. The predicted octanol–water partition coefficient (Wildman–Crippen LogP) is 3.59. The number of hydrogen-bond acceptors (Lipinski definition) is 7. The van der Waals surface area contributed by atoms with E-state index in [1.165, 1.54) is 18.2 Å². The second-order valence-corrected chi connectivity index (χ2v) is 9.69. The van der Waals surface area contributed by atoms with Gasteiger partial charge in [0.05, 0.1) is 26.6 Å². The van der Waals surface area contributed by atoms with Gasteiger partial charge >= 0.3 is 0 Å². The Balaban J connectivity index is 1.63. The average molecular weight is 483 g/mol. The number of non-ortho nitro benzene ring substituents is 1. The summed E-state index contributed by atoms with van der Waals surface area (Å²) >= 11 is 0.975. The molecule has 3 aromatic carbocycles. The molecule has 4 rings (SSSR count). The Morgan fingerprint density at radius 2 is 1.76 bits per heavy atom. The van der Waals surface area contributed by atoms with Crippen LogP contribution in [-0.4, -0.2) is 34.0 Å². The Kier molecular flexibility index (Phi) is 6.43. The fraction of sp³-hybridized carbons (Fsp3) is 0.0909. The molecule has 0 unspecified atom stereocenters. The minimum Gasteiger partial charge on any atom is -0.351 e. The fourth-order valence-corrected chi connectivity index (χ4v) is 5.73. The molecule has 1 N–H and O–H groups in total. The zero-order chi connectivity index (χ0) is 23.4. The van der Waals surface area contributed by atoms with Crippen LogP contribution < -0.4 is 5.32 Å². The summed E-state index contributed by atoms with van der Waals surface area (Å²) in [5, 5.41) is 14.0. The Morgan fingerprint density at radius 3 is 2.52 bits per heavy atom.